The van der Waals surface area contributed by atoms with Crippen molar-refractivity contribution < 1.29 is 19.4 Å². The lowest BCUT2D eigenvalue weighted by molar-refractivity contribution is 0.0696. The van der Waals surface area contributed by atoms with Crippen molar-refractivity contribution >= 4 is 17.7 Å². The van der Waals surface area contributed by atoms with E-state index in [4.69, 9.17) is 14.6 Å². The molecular weight excluding hydrogens is 240 g/mol. The summed E-state index contributed by atoms with van der Waals surface area (Å²) in [7, 11) is 0. The van der Waals surface area contributed by atoms with Crippen LogP contribution in [0.1, 0.15) is 16.1 Å². The van der Waals surface area contributed by atoms with Crippen molar-refractivity contribution in [3.8, 4) is 5.75 Å². The number of benzene rings is 1. The molecule has 1 heterocycles. The van der Waals surface area contributed by atoms with Gasteiger partial charge in [-0.3, -0.25) is 0 Å². The highest BCUT2D eigenvalue weighted by Crippen LogP contribution is 2.25. The largest absolute Gasteiger partial charge is 0.508 e. The maximum atomic E-state index is 10.6. The zero-order valence-corrected chi connectivity index (χ0v) is 9.61. The first-order valence-corrected chi connectivity index (χ1v) is 5.86. The van der Waals surface area contributed by atoms with E-state index in [0.29, 0.717) is 11.5 Å². The number of aromatic hydroxyl groups is 1. The van der Waals surface area contributed by atoms with Crippen LogP contribution >= 0.6 is 11.8 Å². The molecule has 2 aromatic rings. The first kappa shape index (κ1) is 11.6. The van der Waals surface area contributed by atoms with Gasteiger partial charge < -0.3 is 14.6 Å². The summed E-state index contributed by atoms with van der Waals surface area (Å²) in [4.78, 5) is 11.6. The Morgan fingerprint density at radius 3 is 2.59 bits per heavy atom. The molecular formula is C12H10O4S. The Labute approximate surface area is 102 Å². The second kappa shape index (κ2) is 4.97. The van der Waals surface area contributed by atoms with E-state index >= 15 is 0 Å². The molecule has 5 heteroatoms. The van der Waals surface area contributed by atoms with Gasteiger partial charge in [0.2, 0.25) is 0 Å². The van der Waals surface area contributed by atoms with Gasteiger partial charge in [-0.1, -0.05) is 0 Å². The third-order valence-corrected chi connectivity index (χ3v) is 3.15. The molecule has 4 nitrogen and oxygen atoms in total. The van der Waals surface area contributed by atoms with Crippen molar-refractivity contribution in [3.63, 3.8) is 0 Å². The molecule has 0 aliphatic rings. The van der Waals surface area contributed by atoms with Crippen molar-refractivity contribution in [2.24, 2.45) is 0 Å². The van der Waals surface area contributed by atoms with E-state index < -0.39 is 5.97 Å². The fourth-order valence-corrected chi connectivity index (χ4v) is 2.05. The highest BCUT2D eigenvalue weighted by molar-refractivity contribution is 7.98. The highest BCUT2D eigenvalue weighted by atomic mass is 32.2. The minimum atomic E-state index is -0.991. The van der Waals surface area contributed by atoms with Gasteiger partial charge >= 0.3 is 5.97 Å². The van der Waals surface area contributed by atoms with Crippen molar-refractivity contribution in [1.29, 1.82) is 0 Å². The standard InChI is InChI=1S/C12H10O4S/c13-9-1-3-11(4-2-9)17-7-10-5-8(6-16-10)12(14)15/h1-6,13H,7H2,(H,14,15). The molecule has 0 spiro atoms. The average molecular weight is 250 g/mol. The van der Waals surface area contributed by atoms with Crippen molar-refractivity contribution in [3.05, 3.63) is 47.9 Å². The number of hydrogen-bond donors (Lipinski definition) is 2. The number of furan rings is 1. The van der Waals surface area contributed by atoms with Crippen LogP contribution in [0.5, 0.6) is 5.75 Å². The molecule has 1 aromatic carbocycles. The zero-order chi connectivity index (χ0) is 12.3. The summed E-state index contributed by atoms with van der Waals surface area (Å²) in [6, 6.07) is 8.30. The van der Waals surface area contributed by atoms with Gasteiger partial charge in [0, 0.05) is 4.90 Å². The Bertz CT molecular complexity index is 516. The molecule has 0 saturated carbocycles. The predicted molar refractivity (Wildman–Crippen MR) is 63.3 cm³/mol. The molecule has 0 atom stereocenters. The molecule has 0 aliphatic carbocycles. The number of hydrogen-bond acceptors (Lipinski definition) is 4. The molecule has 2 N–H and O–H groups in total. The number of thioether (sulfide) groups is 1. The average Bonchev–Trinajstić information content (AvgIpc) is 2.77. The van der Waals surface area contributed by atoms with Gasteiger partial charge in [-0.15, -0.1) is 11.8 Å². The smallest absolute Gasteiger partial charge is 0.338 e. The van der Waals surface area contributed by atoms with Crippen molar-refractivity contribution in [2.75, 3.05) is 0 Å². The van der Waals surface area contributed by atoms with E-state index in [0.717, 1.165) is 4.90 Å². The van der Waals surface area contributed by atoms with Gasteiger partial charge in [0.05, 0.1) is 11.3 Å². The fraction of sp³-hybridized carbons (Fsp3) is 0.0833. The minimum Gasteiger partial charge on any atom is -0.508 e. The summed E-state index contributed by atoms with van der Waals surface area (Å²) >= 11 is 1.51. The van der Waals surface area contributed by atoms with E-state index in [2.05, 4.69) is 0 Å². The number of phenols is 1. The summed E-state index contributed by atoms with van der Waals surface area (Å²) in [5.41, 5.74) is 0.159. The van der Waals surface area contributed by atoms with Gasteiger partial charge in [0.1, 0.15) is 17.8 Å². The lowest BCUT2D eigenvalue weighted by Gasteiger charge is -1.99. The van der Waals surface area contributed by atoms with E-state index in [1.807, 2.05) is 0 Å². The number of carboxylic acid groups (broad SMARTS) is 1. The molecule has 0 saturated heterocycles. The predicted octanol–water partition coefficient (Wildman–Crippen LogP) is 2.98. The number of aromatic carboxylic acids is 1. The zero-order valence-electron chi connectivity index (χ0n) is 8.79. The summed E-state index contributed by atoms with van der Waals surface area (Å²) in [5, 5.41) is 17.8. The Hall–Kier alpha value is -1.88. The van der Waals surface area contributed by atoms with E-state index in [9.17, 15) is 4.79 Å². The summed E-state index contributed by atoms with van der Waals surface area (Å²) in [6.45, 7) is 0. The maximum absolute atomic E-state index is 10.6. The molecule has 2 rings (SSSR count). The first-order valence-electron chi connectivity index (χ1n) is 4.87. The van der Waals surface area contributed by atoms with Crippen LogP contribution in [0.4, 0.5) is 0 Å². The molecule has 1 aromatic heterocycles. The monoisotopic (exact) mass is 250 g/mol. The van der Waals surface area contributed by atoms with Gasteiger partial charge in [0.25, 0.3) is 0 Å². The maximum Gasteiger partial charge on any atom is 0.338 e. The Kier molecular flexibility index (Phi) is 3.39. The van der Waals surface area contributed by atoms with Crippen LogP contribution in [-0.4, -0.2) is 16.2 Å². The van der Waals surface area contributed by atoms with Gasteiger partial charge in [0.15, 0.2) is 0 Å². The quantitative estimate of drug-likeness (QED) is 0.816. The summed E-state index contributed by atoms with van der Waals surface area (Å²) in [6.07, 6.45) is 1.23. The second-order valence-corrected chi connectivity index (χ2v) is 4.44. The third-order valence-electron chi connectivity index (χ3n) is 2.12. The van der Waals surface area contributed by atoms with Gasteiger partial charge in [-0.2, -0.15) is 0 Å². The number of carboxylic acids is 1. The Balaban J connectivity index is 1.97. The molecule has 0 unspecified atom stereocenters. The molecule has 0 fully saturated rings. The number of carbonyl (C=O) groups is 1. The van der Waals surface area contributed by atoms with Gasteiger partial charge in [-0.05, 0) is 30.3 Å². The Morgan fingerprint density at radius 1 is 1.29 bits per heavy atom. The first-order chi connectivity index (χ1) is 8.15. The molecule has 88 valence electrons. The number of rotatable bonds is 4. The molecule has 0 aliphatic heterocycles. The Morgan fingerprint density at radius 2 is 2.00 bits per heavy atom. The van der Waals surface area contributed by atoms with Crippen LogP contribution < -0.4 is 0 Å². The van der Waals surface area contributed by atoms with Crippen LogP contribution in [-0.2, 0) is 5.75 Å². The lowest BCUT2D eigenvalue weighted by atomic mass is 10.3. The van der Waals surface area contributed by atoms with Crippen molar-refractivity contribution in [2.45, 2.75) is 10.6 Å². The minimum absolute atomic E-state index is 0.159. The molecule has 0 bridgehead atoms. The van der Waals surface area contributed by atoms with Crippen LogP contribution in [0, 0.1) is 0 Å². The normalized spacial score (nSPS) is 10.4. The second-order valence-electron chi connectivity index (χ2n) is 3.39. The van der Waals surface area contributed by atoms with E-state index in [1.54, 1.807) is 24.3 Å². The third kappa shape index (κ3) is 3.04. The van der Waals surface area contributed by atoms with Crippen LogP contribution in [0.3, 0.4) is 0 Å². The highest BCUT2D eigenvalue weighted by Gasteiger charge is 2.08. The van der Waals surface area contributed by atoms with Crippen molar-refractivity contribution in [1.82, 2.24) is 0 Å². The van der Waals surface area contributed by atoms with Crippen LogP contribution in [0.25, 0.3) is 0 Å². The van der Waals surface area contributed by atoms with E-state index in [-0.39, 0.29) is 11.3 Å². The number of phenolic OH excluding ortho intramolecular Hbond substituents is 1. The van der Waals surface area contributed by atoms with E-state index in [1.165, 1.54) is 24.1 Å². The molecule has 0 radical (unpaired) electrons. The lowest BCUT2D eigenvalue weighted by Crippen LogP contribution is -1.91. The fourth-order valence-electron chi connectivity index (χ4n) is 1.27. The molecule has 17 heavy (non-hydrogen) atoms. The topological polar surface area (TPSA) is 70.7 Å². The SMILES string of the molecule is O=C(O)c1coc(CSc2ccc(O)cc2)c1. The molecule has 0 amide bonds. The van der Waals surface area contributed by atoms with Crippen LogP contribution in [0.2, 0.25) is 0 Å². The van der Waals surface area contributed by atoms with Gasteiger partial charge in [-0.25, -0.2) is 4.79 Å². The summed E-state index contributed by atoms with van der Waals surface area (Å²) in [5.74, 6) is 0.397. The summed E-state index contributed by atoms with van der Waals surface area (Å²) < 4.78 is 5.12. The van der Waals surface area contributed by atoms with Crippen LogP contribution in [0.15, 0.2) is 45.9 Å².